The van der Waals surface area contributed by atoms with Gasteiger partial charge in [0.1, 0.15) is 0 Å². The van der Waals surface area contributed by atoms with Gasteiger partial charge in [0.05, 0.1) is 10.6 Å². The largest absolute Gasteiger partial charge is 0.298 e. The van der Waals surface area contributed by atoms with Gasteiger partial charge in [0.25, 0.3) is 5.91 Å². The van der Waals surface area contributed by atoms with Gasteiger partial charge in [-0.15, -0.1) is 22.7 Å². The van der Waals surface area contributed by atoms with Gasteiger partial charge in [0.15, 0.2) is 5.13 Å². The number of thiophene rings is 1. The molecule has 23 heavy (non-hydrogen) atoms. The summed E-state index contributed by atoms with van der Waals surface area (Å²) in [6, 6.07) is 11.2. The first-order valence-corrected chi connectivity index (χ1v) is 10.3. The average molecular weight is 363 g/mol. The molecule has 4 nitrogen and oxygen atoms in total. The number of carbonyl (C=O) groups is 1. The van der Waals surface area contributed by atoms with Gasteiger partial charge >= 0.3 is 0 Å². The number of thiazole rings is 1. The van der Waals surface area contributed by atoms with E-state index in [1.165, 1.54) is 11.3 Å². The van der Waals surface area contributed by atoms with Gasteiger partial charge in [0.2, 0.25) is 0 Å². The quantitative estimate of drug-likeness (QED) is 0.746. The number of anilines is 1. The molecule has 1 atom stereocenters. The van der Waals surface area contributed by atoms with Gasteiger partial charge in [-0.2, -0.15) is 0 Å². The van der Waals surface area contributed by atoms with E-state index in [-0.39, 0.29) is 5.91 Å². The SMILES string of the molecule is C[S@@](=O)Cc1cccc(C(=O)Nc2nc(-c3cccs3)cs2)c1. The summed E-state index contributed by atoms with van der Waals surface area (Å²) in [5.74, 6) is 0.238. The highest BCUT2D eigenvalue weighted by atomic mass is 32.2. The fourth-order valence-electron chi connectivity index (χ4n) is 2.07. The van der Waals surface area contributed by atoms with E-state index in [1.54, 1.807) is 35.8 Å². The lowest BCUT2D eigenvalue weighted by molar-refractivity contribution is 0.102. The summed E-state index contributed by atoms with van der Waals surface area (Å²) in [5.41, 5.74) is 2.30. The number of aromatic nitrogens is 1. The van der Waals surface area contributed by atoms with Crippen LogP contribution in [0, 0.1) is 0 Å². The topological polar surface area (TPSA) is 59.1 Å². The molecule has 1 N–H and O–H groups in total. The van der Waals surface area contributed by atoms with Crippen molar-refractivity contribution in [3.05, 3.63) is 58.3 Å². The second-order valence-electron chi connectivity index (χ2n) is 4.89. The average Bonchev–Trinajstić information content (AvgIpc) is 3.17. The molecule has 0 aliphatic carbocycles. The maximum atomic E-state index is 12.3. The van der Waals surface area contributed by atoms with Gasteiger partial charge in [-0.1, -0.05) is 18.2 Å². The Morgan fingerprint density at radius 3 is 2.87 bits per heavy atom. The molecule has 0 bridgehead atoms. The molecular formula is C16H14N2O2S3. The molecule has 0 aliphatic heterocycles. The monoisotopic (exact) mass is 362 g/mol. The Morgan fingerprint density at radius 1 is 1.26 bits per heavy atom. The summed E-state index contributed by atoms with van der Waals surface area (Å²) < 4.78 is 11.3. The first-order chi connectivity index (χ1) is 11.1. The second-order valence-corrected chi connectivity index (χ2v) is 8.13. The molecule has 0 fully saturated rings. The molecule has 1 aromatic carbocycles. The van der Waals surface area contributed by atoms with E-state index < -0.39 is 10.8 Å². The number of amides is 1. The van der Waals surface area contributed by atoms with E-state index in [0.29, 0.717) is 16.4 Å². The van der Waals surface area contributed by atoms with Crippen LogP contribution in [0.1, 0.15) is 15.9 Å². The summed E-state index contributed by atoms with van der Waals surface area (Å²) in [6.45, 7) is 0. The maximum absolute atomic E-state index is 12.3. The molecule has 118 valence electrons. The minimum atomic E-state index is -0.931. The zero-order valence-electron chi connectivity index (χ0n) is 12.3. The van der Waals surface area contributed by atoms with Gasteiger partial charge in [0, 0.05) is 33.8 Å². The van der Waals surface area contributed by atoms with Crippen LogP contribution in [-0.2, 0) is 16.6 Å². The fourth-order valence-corrected chi connectivity index (χ4v) is 4.19. The van der Waals surface area contributed by atoms with Gasteiger partial charge < -0.3 is 0 Å². The van der Waals surface area contributed by atoms with Crippen LogP contribution in [0.25, 0.3) is 10.6 Å². The lowest BCUT2D eigenvalue weighted by Gasteiger charge is -2.04. The van der Waals surface area contributed by atoms with Crippen molar-refractivity contribution in [2.75, 3.05) is 11.6 Å². The Kier molecular flexibility index (Phi) is 5.00. The summed E-state index contributed by atoms with van der Waals surface area (Å²) in [7, 11) is -0.931. The molecule has 0 spiro atoms. The van der Waals surface area contributed by atoms with Crippen molar-refractivity contribution in [3.8, 4) is 10.6 Å². The molecule has 0 aliphatic rings. The molecule has 3 rings (SSSR count). The van der Waals surface area contributed by atoms with E-state index in [4.69, 9.17) is 0 Å². The fraction of sp³-hybridized carbons (Fsp3) is 0.125. The lowest BCUT2D eigenvalue weighted by Crippen LogP contribution is -2.12. The number of nitrogens with one attached hydrogen (secondary N) is 1. The van der Waals surface area contributed by atoms with Crippen molar-refractivity contribution in [1.82, 2.24) is 4.98 Å². The third-order valence-electron chi connectivity index (χ3n) is 3.06. The number of hydrogen-bond donors (Lipinski definition) is 1. The Morgan fingerprint density at radius 2 is 2.13 bits per heavy atom. The van der Waals surface area contributed by atoms with E-state index in [9.17, 15) is 9.00 Å². The van der Waals surface area contributed by atoms with Gasteiger partial charge in [-0.25, -0.2) is 4.98 Å². The van der Waals surface area contributed by atoms with E-state index in [2.05, 4.69) is 10.3 Å². The Balaban J connectivity index is 1.73. The predicted octanol–water partition coefficient (Wildman–Crippen LogP) is 4.00. The Hall–Kier alpha value is -1.83. The van der Waals surface area contributed by atoms with E-state index in [0.717, 1.165) is 16.1 Å². The van der Waals surface area contributed by atoms with Gasteiger partial charge in [-0.3, -0.25) is 14.3 Å². The zero-order valence-corrected chi connectivity index (χ0v) is 14.8. The van der Waals surface area contributed by atoms with Crippen molar-refractivity contribution >= 4 is 44.5 Å². The van der Waals surface area contributed by atoms with Crippen molar-refractivity contribution < 1.29 is 9.00 Å². The number of benzene rings is 1. The standard InChI is InChI=1S/C16H14N2O2S3/c1-23(20)10-11-4-2-5-12(8-11)15(19)18-16-17-13(9-22-16)14-6-3-7-21-14/h2-9H,10H2,1H3,(H,17,18,19)/t23-/m1/s1. The summed E-state index contributed by atoms with van der Waals surface area (Å²) in [6.07, 6.45) is 1.65. The highest BCUT2D eigenvalue weighted by Crippen LogP contribution is 2.28. The van der Waals surface area contributed by atoms with Crippen molar-refractivity contribution in [1.29, 1.82) is 0 Å². The van der Waals surface area contributed by atoms with Crippen LogP contribution >= 0.6 is 22.7 Å². The molecule has 3 aromatic rings. The molecular weight excluding hydrogens is 348 g/mol. The van der Waals surface area contributed by atoms with Crippen LogP contribution in [0.5, 0.6) is 0 Å². The number of nitrogens with zero attached hydrogens (tertiary/aromatic N) is 1. The minimum absolute atomic E-state index is 0.208. The Labute approximate surface area is 144 Å². The highest BCUT2D eigenvalue weighted by molar-refractivity contribution is 7.83. The first-order valence-electron chi connectivity index (χ1n) is 6.81. The van der Waals surface area contributed by atoms with E-state index in [1.807, 2.05) is 29.0 Å². The second kappa shape index (κ2) is 7.16. The third-order valence-corrected chi connectivity index (χ3v) is 5.45. The van der Waals surface area contributed by atoms with Gasteiger partial charge in [-0.05, 0) is 29.1 Å². The van der Waals surface area contributed by atoms with E-state index >= 15 is 0 Å². The maximum Gasteiger partial charge on any atom is 0.257 e. The summed E-state index contributed by atoms with van der Waals surface area (Å²) in [5, 5.41) is 7.32. The smallest absolute Gasteiger partial charge is 0.257 e. The van der Waals surface area contributed by atoms with Crippen molar-refractivity contribution in [2.45, 2.75) is 5.75 Å². The third kappa shape index (κ3) is 4.13. The number of hydrogen-bond acceptors (Lipinski definition) is 5. The molecule has 0 unspecified atom stereocenters. The van der Waals surface area contributed by atoms with Crippen molar-refractivity contribution in [2.24, 2.45) is 0 Å². The van der Waals surface area contributed by atoms with Crippen molar-refractivity contribution in [3.63, 3.8) is 0 Å². The minimum Gasteiger partial charge on any atom is -0.298 e. The zero-order chi connectivity index (χ0) is 16.2. The molecule has 1 amide bonds. The van der Waals surface area contributed by atoms with Crippen LogP contribution in [0.4, 0.5) is 5.13 Å². The normalized spacial score (nSPS) is 12.0. The molecule has 0 saturated heterocycles. The number of carbonyl (C=O) groups excluding carboxylic acids is 1. The molecule has 0 radical (unpaired) electrons. The summed E-state index contributed by atoms with van der Waals surface area (Å²) in [4.78, 5) is 17.8. The summed E-state index contributed by atoms with van der Waals surface area (Å²) >= 11 is 3.02. The molecule has 7 heteroatoms. The van der Waals surface area contributed by atoms with Crippen LogP contribution < -0.4 is 5.32 Å². The van der Waals surface area contributed by atoms with Crippen LogP contribution in [0.3, 0.4) is 0 Å². The van der Waals surface area contributed by atoms with Crippen LogP contribution in [0.15, 0.2) is 47.2 Å². The molecule has 0 saturated carbocycles. The Bertz CT molecular complexity index is 841. The number of rotatable bonds is 5. The molecule has 2 aromatic heterocycles. The predicted molar refractivity (Wildman–Crippen MR) is 97.6 cm³/mol. The van der Waals surface area contributed by atoms with Crippen LogP contribution in [-0.4, -0.2) is 21.4 Å². The lowest BCUT2D eigenvalue weighted by atomic mass is 10.1. The van der Waals surface area contributed by atoms with Crippen LogP contribution in [0.2, 0.25) is 0 Å². The highest BCUT2D eigenvalue weighted by Gasteiger charge is 2.11. The molecule has 2 heterocycles. The first kappa shape index (κ1) is 16.0.